The van der Waals surface area contributed by atoms with E-state index in [0.29, 0.717) is 33.3 Å². The number of aromatic nitrogens is 1. The normalized spacial score (nSPS) is 11.9. The van der Waals surface area contributed by atoms with Crippen molar-refractivity contribution in [2.24, 2.45) is 0 Å². The number of carbonyl (C=O) groups is 1. The number of sulfone groups is 1. The SMILES string of the molecule is COc1ccc(-c2c(NC(=O)S(=O)(=O)c3ccccc3)n(Cc3cccc(C(F)(F)F)c3)c3ccccc23)cc1. The predicted molar refractivity (Wildman–Crippen MR) is 147 cm³/mol. The van der Waals surface area contributed by atoms with Crippen LogP contribution in [0.25, 0.3) is 22.0 Å². The number of alkyl halides is 3. The average Bonchev–Trinajstić information content (AvgIpc) is 3.25. The second-order valence-electron chi connectivity index (χ2n) is 8.98. The maximum absolute atomic E-state index is 13.4. The van der Waals surface area contributed by atoms with E-state index in [1.165, 1.54) is 37.4 Å². The Morgan fingerprint density at radius 3 is 2.23 bits per heavy atom. The Bertz CT molecular complexity index is 1800. The quantitative estimate of drug-likeness (QED) is 0.233. The predicted octanol–water partition coefficient (Wildman–Crippen LogP) is 7.39. The van der Waals surface area contributed by atoms with Gasteiger partial charge in [-0.3, -0.25) is 10.1 Å². The fourth-order valence-electron chi connectivity index (χ4n) is 4.55. The third kappa shape index (κ3) is 5.17. The van der Waals surface area contributed by atoms with Gasteiger partial charge in [0, 0.05) is 17.5 Å². The fourth-order valence-corrected chi connectivity index (χ4v) is 5.51. The van der Waals surface area contributed by atoms with Crippen LogP contribution in [0.4, 0.5) is 23.8 Å². The molecule has 0 saturated heterocycles. The van der Waals surface area contributed by atoms with Crippen LogP contribution in [-0.4, -0.2) is 25.3 Å². The Kier molecular flexibility index (Phi) is 7.12. The molecule has 204 valence electrons. The van der Waals surface area contributed by atoms with Crippen molar-refractivity contribution in [3.8, 4) is 16.9 Å². The molecule has 1 N–H and O–H groups in total. The van der Waals surface area contributed by atoms with Gasteiger partial charge in [0.15, 0.2) is 0 Å². The Labute approximate surface area is 228 Å². The van der Waals surface area contributed by atoms with E-state index in [9.17, 15) is 26.4 Å². The molecule has 1 aromatic heterocycles. The number of nitrogens with zero attached hydrogens (tertiary/aromatic N) is 1. The lowest BCUT2D eigenvalue weighted by atomic mass is 10.0. The van der Waals surface area contributed by atoms with E-state index >= 15 is 0 Å². The van der Waals surface area contributed by atoms with Crippen LogP contribution >= 0.6 is 0 Å². The van der Waals surface area contributed by atoms with E-state index in [1.54, 1.807) is 65.2 Å². The minimum atomic E-state index is -4.54. The highest BCUT2D eigenvalue weighted by molar-refractivity contribution is 8.06. The van der Waals surface area contributed by atoms with Crippen LogP contribution in [0.3, 0.4) is 0 Å². The molecule has 0 aliphatic rings. The molecule has 4 aromatic carbocycles. The zero-order chi connectivity index (χ0) is 28.5. The molecule has 0 unspecified atom stereocenters. The van der Waals surface area contributed by atoms with E-state index in [1.807, 2.05) is 0 Å². The number of ether oxygens (including phenoxy) is 1. The number of carbonyl (C=O) groups excluding carboxylic acids is 1. The standard InChI is InChI=1S/C30H23F3N2O4S/c1-39-23-16-14-21(15-17-23)27-25-12-5-6-13-26(25)35(19-20-8-7-9-22(18-20)30(31,32)33)28(27)34-29(36)40(37,38)24-10-3-2-4-11-24/h2-18H,19H2,1H3,(H,34,36). The molecule has 5 rings (SSSR count). The van der Waals surface area contributed by atoms with Gasteiger partial charge in [0.25, 0.3) is 9.84 Å². The third-order valence-corrected chi connectivity index (χ3v) is 7.95. The van der Waals surface area contributed by atoms with Gasteiger partial charge in [-0.05, 0) is 53.6 Å². The summed E-state index contributed by atoms with van der Waals surface area (Å²) in [4.78, 5) is 13.1. The van der Waals surface area contributed by atoms with Gasteiger partial charge in [-0.15, -0.1) is 0 Å². The molecule has 0 atom stereocenters. The summed E-state index contributed by atoms with van der Waals surface area (Å²) in [7, 11) is -2.91. The number of hydrogen-bond donors (Lipinski definition) is 1. The molecule has 1 heterocycles. The van der Waals surface area contributed by atoms with Crippen molar-refractivity contribution < 1.29 is 31.1 Å². The van der Waals surface area contributed by atoms with Gasteiger partial charge in [-0.2, -0.15) is 13.2 Å². The maximum atomic E-state index is 13.4. The molecular formula is C30H23F3N2O4S. The summed E-state index contributed by atoms with van der Waals surface area (Å²) in [5.41, 5.74) is 1.26. The van der Waals surface area contributed by atoms with Gasteiger partial charge >= 0.3 is 11.4 Å². The maximum Gasteiger partial charge on any atom is 0.416 e. The zero-order valence-electron chi connectivity index (χ0n) is 21.1. The lowest BCUT2D eigenvalue weighted by Crippen LogP contribution is -2.23. The summed E-state index contributed by atoms with van der Waals surface area (Å²) in [6.07, 6.45) is -4.54. The number of benzene rings is 4. The molecule has 5 aromatic rings. The summed E-state index contributed by atoms with van der Waals surface area (Å²) in [6, 6.07) is 26.2. The van der Waals surface area contributed by atoms with Crippen LogP contribution in [0.1, 0.15) is 11.1 Å². The second-order valence-corrected chi connectivity index (χ2v) is 10.8. The van der Waals surface area contributed by atoms with Crippen LogP contribution in [0.2, 0.25) is 0 Å². The molecule has 0 bridgehead atoms. The molecule has 1 amide bonds. The van der Waals surface area contributed by atoms with Gasteiger partial charge in [0.05, 0.1) is 23.1 Å². The van der Waals surface area contributed by atoms with Gasteiger partial charge < -0.3 is 9.30 Å². The van der Waals surface area contributed by atoms with Crippen molar-refractivity contribution >= 4 is 31.8 Å². The van der Waals surface area contributed by atoms with Crippen molar-refractivity contribution in [3.63, 3.8) is 0 Å². The van der Waals surface area contributed by atoms with Crippen LogP contribution in [-0.2, 0) is 22.6 Å². The number of amides is 1. The van der Waals surface area contributed by atoms with Crippen molar-refractivity contribution in [1.29, 1.82) is 0 Å². The number of rotatable bonds is 6. The first-order valence-electron chi connectivity index (χ1n) is 12.1. The second kappa shape index (κ2) is 10.5. The van der Waals surface area contributed by atoms with Gasteiger partial charge in [-0.25, -0.2) is 8.42 Å². The Hall–Kier alpha value is -4.57. The number of para-hydroxylation sites is 1. The Morgan fingerprint density at radius 1 is 0.875 bits per heavy atom. The number of methoxy groups -OCH3 is 1. The first-order chi connectivity index (χ1) is 19.1. The molecule has 0 aliphatic carbocycles. The molecule has 40 heavy (non-hydrogen) atoms. The Morgan fingerprint density at radius 2 is 1.55 bits per heavy atom. The van der Waals surface area contributed by atoms with E-state index in [-0.39, 0.29) is 17.3 Å². The summed E-state index contributed by atoms with van der Waals surface area (Å²) in [5, 5.41) is 1.99. The first kappa shape index (κ1) is 27.0. The molecule has 0 aliphatic heterocycles. The summed E-state index contributed by atoms with van der Waals surface area (Å²) in [6.45, 7) is -0.0679. The molecule has 0 radical (unpaired) electrons. The van der Waals surface area contributed by atoms with Crippen molar-refractivity contribution in [2.45, 2.75) is 17.6 Å². The molecule has 0 saturated carbocycles. The highest BCUT2D eigenvalue weighted by Gasteiger charge is 2.31. The molecular weight excluding hydrogens is 541 g/mol. The molecule has 0 fully saturated rings. The molecule has 6 nitrogen and oxygen atoms in total. The largest absolute Gasteiger partial charge is 0.497 e. The van der Waals surface area contributed by atoms with Crippen molar-refractivity contribution in [2.75, 3.05) is 12.4 Å². The van der Waals surface area contributed by atoms with Gasteiger partial charge in [0.2, 0.25) is 0 Å². The lowest BCUT2D eigenvalue weighted by Gasteiger charge is -2.15. The van der Waals surface area contributed by atoms with Crippen molar-refractivity contribution in [3.05, 3.63) is 114 Å². The number of nitrogens with one attached hydrogen (secondary N) is 1. The van der Waals surface area contributed by atoms with E-state index in [4.69, 9.17) is 4.74 Å². The highest BCUT2D eigenvalue weighted by atomic mass is 32.2. The van der Waals surface area contributed by atoms with E-state index in [2.05, 4.69) is 5.32 Å². The monoisotopic (exact) mass is 564 g/mol. The number of halogens is 3. The summed E-state index contributed by atoms with van der Waals surface area (Å²) < 4.78 is 73.5. The number of hydrogen-bond acceptors (Lipinski definition) is 4. The fraction of sp³-hybridized carbons (Fsp3) is 0.100. The van der Waals surface area contributed by atoms with E-state index in [0.717, 1.165) is 12.1 Å². The number of fused-ring (bicyclic) bond motifs is 1. The molecule has 0 spiro atoms. The van der Waals surface area contributed by atoms with Gasteiger partial charge in [-0.1, -0.05) is 60.7 Å². The van der Waals surface area contributed by atoms with Crippen LogP contribution < -0.4 is 10.1 Å². The minimum Gasteiger partial charge on any atom is -0.497 e. The zero-order valence-corrected chi connectivity index (χ0v) is 22.0. The van der Waals surface area contributed by atoms with E-state index < -0.39 is 26.8 Å². The lowest BCUT2D eigenvalue weighted by molar-refractivity contribution is -0.137. The van der Waals surface area contributed by atoms with Crippen LogP contribution in [0.15, 0.2) is 108 Å². The third-order valence-electron chi connectivity index (χ3n) is 6.46. The molecule has 10 heteroatoms. The average molecular weight is 565 g/mol. The first-order valence-corrected chi connectivity index (χ1v) is 13.6. The smallest absolute Gasteiger partial charge is 0.416 e. The van der Waals surface area contributed by atoms with Crippen molar-refractivity contribution in [1.82, 2.24) is 4.57 Å². The van der Waals surface area contributed by atoms with Crippen LogP contribution in [0.5, 0.6) is 5.75 Å². The highest BCUT2D eigenvalue weighted by Crippen LogP contribution is 2.40. The summed E-state index contributed by atoms with van der Waals surface area (Å²) >= 11 is 0. The van der Waals surface area contributed by atoms with Crippen LogP contribution in [0, 0.1) is 0 Å². The van der Waals surface area contributed by atoms with Gasteiger partial charge in [0.1, 0.15) is 11.6 Å². The number of anilines is 1. The minimum absolute atomic E-state index is 0.0679. The Balaban J connectivity index is 1.70. The summed E-state index contributed by atoms with van der Waals surface area (Å²) in [5.74, 6) is 0.724. The topological polar surface area (TPSA) is 77.4 Å².